The number of amides is 1. The van der Waals surface area contributed by atoms with Crippen molar-refractivity contribution in [1.29, 1.82) is 5.26 Å². The number of nitriles is 1. The van der Waals surface area contributed by atoms with Crippen molar-refractivity contribution in [3.63, 3.8) is 0 Å². The lowest BCUT2D eigenvalue weighted by Gasteiger charge is -2.11. The van der Waals surface area contributed by atoms with Gasteiger partial charge in [0.05, 0.1) is 24.1 Å². The third kappa shape index (κ3) is 5.24. The van der Waals surface area contributed by atoms with Gasteiger partial charge in [0.1, 0.15) is 23.5 Å². The third-order valence-electron chi connectivity index (χ3n) is 4.90. The van der Waals surface area contributed by atoms with E-state index in [1.54, 1.807) is 24.5 Å². The Balaban J connectivity index is 1.42. The summed E-state index contributed by atoms with van der Waals surface area (Å²) in [5.41, 5.74) is 2.68. The Morgan fingerprint density at radius 2 is 2.15 bits per heavy atom. The summed E-state index contributed by atoms with van der Waals surface area (Å²) < 4.78 is 21.2. The number of rotatable bonds is 8. The van der Waals surface area contributed by atoms with Crippen LogP contribution in [0, 0.1) is 31.0 Å². The number of aromatic nitrogens is 3. The van der Waals surface area contributed by atoms with Gasteiger partial charge >= 0.3 is 0 Å². The molecule has 4 rings (SSSR count). The zero-order valence-electron chi connectivity index (χ0n) is 17.8. The van der Waals surface area contributed by atoms with Crippen LogP contribution in [-0.2, 0) is 11.3 Å². The normalized spacial score (nSPS) is 10.7. The molecule has 1 amide bonds. The van der Waals surface area contributed by atoms with Gasteiger partial charge in [-0.2, -0.15) is 5.26 Å². The van der Waals surface area contributed by atoms with E-state index in [0.717, 1.165) is 17.0 Å². The molecule has 0 saturated carbocycles. The Morgan fingerprint density at radius 3 is 2.88 bits per heavy atom. The third-order valence-corrected chi connectivity index (χ3v) is 6.87. The summed E-state index contributed by atoms with van der Waals surface area (Å²) in [5.74, 6) is 0.623. The van der Waals surface area contributed by atoms with Crippen molar-refractivity contribution in [2.24, 2.45) is 0 Å². The first-order valence-electron chi connectivity index (χ1n) is 9.85. The first kappa shape index (κ1) is 22.6. The molecule has 0 saturated heterocycles. The van der Waals surface area contributed by atoms with Gasteiger partial charge in [-0.05, 0) is 49.7 Å². The van der Waals surface area contributed by atoms with Crippen molar-refractivity contribution in [2.75, 3.05) is 16.4 Å². The van der Waals surface area contributed by atoms with Gasteiger partial charge in [-0.15, -0.1) is 10.2 Å². The number of hydrogen-bond acceptors (Lipinski definition) is 8. The van der Waals surface area contributed by atoms with Crippen LogP contribution in [0.15, 0.2) is 51.4 Å². The maximum Gasteiger partial charge on any atom is 0.235 e. The van der Waals surface area contributed by atoms with Crippen molar-refractivity contribution in [2.45, 2.75) is 24.7 Å². The number of nitrogens with one attached hydrogen (secondary N) is 2. The molecule has 3 aromatic heterocycles. The molecular weight excluding hydrogens is 463 g/mol. The summed E-state index contributed by atoms with van der Waals surface area (Å²) >= 11 is 2.49. The molecule has 0 aliphatic heterocycles. The van der Waals surface area contributed by atoms with Gasteiger partial charge in [-0.3, -0.25) is 4.79 Å². The smallest absolute Gasteiger partial charge is 0.235 e. The maximum atomic E-state index is 13.3. The highest BCUT2D eigenvalue weighted by molar-refractivity contribution is 8.01. The predicted octanol–water partition coefficient (Wildman–Crippen LogP) is 5.08. The standard InChI is InChI=1S/C22H19FN6O2S2/c1-13-14(2)29(11-17-7-4-8-31-17)20(18(13)10-24)26-19(30)12-32-22-28-27-21(33-22)25-16-6-3-5-15(23)9-16/h3-9H,11-12H2,1-2H3,(H,25,27)(H,26,30). The number of nitrogens with zero attached hydrogens (tertiary/aromatic N) is 4. The average molecular weight is 483 g/mol. The van der Waals surface area contributed by atoms with Crippen LogP contribution in [0.3, 0.4) is 0 Å². The van der Waals surface area contributed by atoms with Gasteiger partial charge < -0.3 is 19.6 Å². The van der Waals surface area contributed by atoms with Crippen molar-refractivity contribution < 1.29 is 13.6 Å². The average Bonchev–Trinajstić information content (AvgIpc) is 3.51. The van der Waals surface area contributed by atoms with Gasteiger partial charge in [0.15, 0.2) is 4.34 Å². The molecule has 3 heterocycles. The Hall–Kier alpha value is -3.62. The molecule has 0 unspecified atom stereocenters. The number of anilines is 3. The first-order valence-corrected chi connectivity index (χ1v) is 11.7. The Labute approximate surface area is 197 Å². The van der Waals surface area contributed by atoms with E-state index in [9.17, 15) is 14.4 Å². The van der Waals surface area contributed by atoms with Crippen LogP contribution in [0.5, 0.6) is 0 Å². The zero-order valence-corrected chi connectivity index (χ0v) is 19.4. The second-order valence-corrected chi connectivity index (χ2v) is 9.26. The molecule has 168 valence electrons. The van der Waals surface area contributed by atoms with Crippen LogP contribution >= 0.6 is 23.1 Å². The summed E-state index contributed by atoms with van der Waals surface area (Å²) in [6.07, 6.45) is 1.58. The summed E-state index contributed by atoms with van der Waals surface area (Å²) in [6.45, 7) is 4.15. The van der Waals surface area contributed by atoms with Gasteiger partial charge in [0.25, 0.3) is 0 Å². The minimum atomic E-state index is -0.352. The molecule has 33 heavy (non-hydrogen) atoms. The molecule has 1 aromatic carbocycles. The molecule has 0 aliphatic carbocycles. The lowest BCUT2D eigenvalue weighted by molar-refractivity contribution is -0.113. The molecule has 0 fully saturated rings. The monoisotopic (exact) mass is 482 g/mol. The van der Waals surface area contributed by atoms with Crippen LogP contribution in [0.4, 0.5) is 21.0 Å². The Kier molecular flexibility index (Phi) is 6.76. The van der Waals surface area contributed by atoms with E-state index < -0.39 is 0 Å². The summed E-state index contributed by atoms with van der Waals surface area (Å²) in [6, 6.07) is 11.9. The van der Waals surface area contributed by atoms with Crippen molar-refractivity contribution >= 4 is 45.6 Å². The fourth-order valence-electron chi connectivity index (χ4n) is 3.19. The summed E-state index contributed by atoms with van der Waals surface area (Å²) in [5, 5.41) is 24.1. The van der Waals surface area contributed by atoms with Gasteiger partial charge in [-0.25, -0.2) is 4.39 Å². The molecule has 0 bridgehead atoms. The van der Waals surface area contributed by atoms with Crippen molar-refractivity contribution in [3.05, 3.63) is 71.1 Å². The molecule has 8 nitrogen and oxygen atoms in total. The van der Waals surface area contributed by atoms with Crippen LogP contribution in [-0.4, -0.2) is 26.4 Å². The number of carbonyl (C=O) groups excluding carboxylic acids is 1. The lowest BCUT2D eigenvalue weighted by Crippen LogP contribution is -2.18. The van der Waals surface area contributed by atoms with E-state index in [1.165, 1.54) is 35.2 Å². The second-order valence-electron chi connectivity index (χ2n) is 7.06. The molecular formula is C22H19FN6O2S2. The molecule has 2 N–H and O–H groups in total. The molecule has 0 spiro atoms. The maximum absolute atomic E-state index is 13.3. The Bertz CT molecular complexity index is 1320. The molecule has 0 aliphatic rings. The lowest BCUT2D eigenvalue weighted by atomic mass is 10.2. The topological polar surface area (TPSA) is 109 Å². The van der Waals surface area contributed by atoms with Crippen molar-refractivity contribution in [1.82, 2.24) is 14.8 Å². The number of benzene rings is 1. The van der Waals surface area contributed by atoms with Crippen LogP contribution in [0.1, 0.15) is 22.6 Å². The SMILES string of the molecule is Cc1c(C#N)c(NC(=O)CSc2nnc(Nc3cccc(F)c3)s2)n(Cc2ccco2)c1C. The molecule has 11 heteroatoms. The van der Waals surface area contributed by atoms with E-state index in [2.05, 4.69) is 26.9 Å². The van der Waals surface area contributed by atoms with Gasteiger partial charge in [-0.1, -0.05) is 29.2 Å². The highest BCUT2D eigenvalue weighted by Crippen LogP contribution is 2.30. The largest absolute Gasteiger partial charge is 0.467 e. The van der Waals surface area contributed by atoms with E-state index in [4.69, 9.17) is 4.42 Å². The highest BCUT2D eigenvalue weighted by Gasteiger charge is 2.20. The first-order chi connectivity index (χ1) is 15.9. The fourth-order valence-corrected chi connectivity index (χ4v) is 4.76. The number of furan rings is 1. The van der Waals surface area contributed by atoms with E-state index in [-0.39, 0.29) is 17.5 Å². The fraction of sp³-hybridized carbons (Fsp3) is 0.182. The van der Waals surface area contributed by atoms with Crippen LogP contribution in [0.25, 0.3) is 0 Å². The quantitative estimate of drug-likeness (QED) is 0.337. The predicted molar refractivity (Wildman–Crippen MR) is 125 cm³/mol. The van der Waals surface area contributed by atoms with Gasteiger partial charge in [0.2, 0.25) is 11.0 Å². The van der Waals surface area contributed by atoms with Crippen molar-refractivity contribution in [3.8, 4) is 6.07 Å². The second kappa shape index (κ2) is 9.89. The molecule has 0 atom stereocenters. The molecule has 4 aromatic rings. The Morgan fingerprint density at radius 1 is 1.30 bits per heavy atom. The summed E-state index contributed by atoms with van der Waals surface area (Å²) in [4.78, 5) is 12.7. The number of carbonyl (C=O) groups is 1. The minimum Gasteiger partial charge on any atom is -0.467 e. The number of halogens is 1. The summed E-state index contributed by atoms with van der Waals surface area (Å²) in [7, 11) is 0. The number of thioether (sulfide) groups is 1. The van der Waals surface area contributed by atoms with Gasteiger partial charge in [0, 0.05) is 11.4 Å². The van der Waals surface area contributed by atoms with E-state index >= 15 is 0 Å². The molecule has 0 radical (unpaired) electrons. The van der Waals surface area contributed by atoms with Crippen LogP contribution < -0.4 is 10.6 Å². The zero-order chi connectivity index (χ0) is 23.4. The minimum absolute atomic E-state index is 0.0868. The van der Waals surface area contributed by atoms with E-state index in [0.29, 0.717) is 33.1 Å². The highest BCUT2D eigenvalue weighted by atomic mass is 32.2. The van der Waals surface area contributed by atoms with Crippen LogP contribution in [0.2, 0.25) is 0 Å². The van der Waals surface area contributed by atoms with E-state index in [1.807, 2.05) is 24.5 Å². The number of hydrogen-bond donors (Lipinski definition) is 2.